The number of nitrogens with zero attached hydrogens (tertiary/aromatic N) is 3. The number of ketones is 1. The molecular formula is C23H17N3O2. The third kappa shape index (κ3) is 3.14. The van der Waals surface area contributed by atoms with Crippen molar-refractivity contribution in [3.05, 3.63) is 102 Å². The Morgan fingerprint density at radius 2 is 1.36 bits per heavy atom. The van der Waals surface area contributed by atoms with E-state index in [4.69, 9.17) is 0 Å². The Bertz CT molecular complexity index is 1100. The Morgan fingerprint density at radius 3 is 2.04 bits per heavy atom. The van der Waals surface area contributed by atoms with E-state index in [1.807, 2.05) is 48.5 Å². The molecule has 1 heterocycles. The van der Waals surface area contributed by atoms with Crippen LogP contribution in [0, 0.1) is 0 Å². The zero-order chi connectivity index (χ0) is 19.5. The minimum atomic E-state index is -0.247. The van der Waals surface area contributed by atoms with Crippen molar-refractivity contribution in [3.8, 4) is 0 Å². The summed E-state index contributed by atoms with van der Waals surface area (Å²) in [6, 6.07) is 25.4. The van der Waals surface area contributed by atoms with Crippen molar-refractivity contribution in [1.29, 1.82) is 0 Å². The fraction of sp³-hybridized carbons (Fsp3) is 0.0435. The highest BCUT2D eigenvalue weighted by atomic mass is 16.2. The van der Waals surface area contributed by atoms with Crippen LogP contribution in [-0.4, -0.2) is 30.2 Å². The van der Waals surface area contributed by atoms with Crippen molar-refractivity contribution >= 4 is 28.8 Å². The summed E-state index contributed by atoms with van der Waals surface area (Å²) in [5.74, 6) is -0.493. The maximum atomic E-state index is 13.0. The second kappa shape index (κ2) is 7.40. The number of carbonyl (C=O) groups is 2. The summed E-state index contributed by atoms with van der Waals surface area (Å²) in [5, 5.41) is 8.46. The third-order valence-electron chi connectivity index (χ3n) is 4.58. The summed E-state index contributed by atoms with van der Waals surface area (Å²) in [4.78, 5) is 27.2. The second-order valence-corrected chi connectivity index (χ2v) is 6.34. The highest BCUT2D eigenvalue weighted by molar-refractivity contribution is 6.55. The molecule has 1 aliphatic rings. The highest BCUT2D eigenvalue weighted by Gasteiger charge is 2.31. The first-order valence-electron chi connectivity index (χ1n) is 8.85. The zero-order valence-corrected chi connectivity index (χ0v) is 15.2. The molecule has 28 heavy (non-hydrogen) atoms. The van der Waals surface area contributed by atoms with Crippen LogP contribution in [0.4, 0.5) is 5.69 Å². The molecule has 0 aliphatic carbocycles. The van der Waals surface area contributed by atoms with Crippen LogP contribution in [0.5, 0.6) is 0 Å². The van der Waals surface area contributed by atoms with Gasteiger partial charge in [0.05, 0.1) is 5.69 Å². The monoisotopic (exact) mass is 367 g/mol. The van der Waals surface area contributed by atoms with Gasteiger partial charge in [-0.2, -0.15) is 0 Å². The van der Waals surface area contributed by atoms with Crippen LogP contribution in [0.15, 0.2) is 95.1 Å². The molecule has 0 saturated heterocycles. The number of para-hydroxylation sites is 1. The van der Waals surface area contributed by atoms with E-state index in [0.717, 1.165) is 5.69 Å². The summed E-state index contributed by atoms with van der Waals surface area (Å²) in [5.41, 5.74) is 3.07. The highest BCUT2D eigenvalue weighted by Crippen LogP contribution is 2.27. The third-order valence-corrected chi connectivity index (χ3v) is 4.58. The van der Waals surface area contributed by atoms with Crippen molar-refractivity contribution < 1.29 is 9.59 Å². The summed E-state index contributed by atoms with van der Waals surface area (Å²) in [6.07, 6.45) is 0. The zero-order valence-electron chi connectivity index (χ0n) is 15.2. The van der Waals surface area contributed by atoms with Crippen LogP contribution in [0.3, 0.4) is 0 Å². The largest absolute Gasteiger partial charge is 0.309 e. The number of rotatable bonds is 4. The van der Waals surface area contributed by atoms with E-state index in [0.29, 0.717) is 16.7 Å². The Hall–Kier alpha value is -3.86. The quantitative estimate of drug-likeness (QED) is 0.401. The Labute approximate surface area is 162 Å². The number of amides is 1. The fourth-order valence-electron chi connectivity index (χ4n) is 3.10. The lowest BCUT2D eigenvalue weighted by molar-refractivity contribution is -0.111. The standard InChI is InChI=1S/C23H17N3O2/c1-26-19-15-9-8-14-18(19)21(23(26)28)25-24-20(16-10-4-2-5-11-16)22(27)17-12-6-3-7-13-17/h2-15H,1H3/b24-20+,25-21+. The van der Waals surface area contributed by atoms with E-state index in [-0.39, 0.29) is 23.1 Å². The van der Waals surface area contributed by atoms with Gasteiger partial charge in [-0.05, 0) is 6.07 Å². The van der Waals surface area contributed by atoms with E-state index in [2.05, 4.69) is 10.2 Å². The molecule has 136 valence electrons. The first kappa shape index (κ1) is 17.5. The van der Waals surface area contributed by atoms with Crippen LogP contribution >= 0.6 is 0 Å². The van der Waals surface area contributed by atoms with Crippen LogP contribution < -0.4 is 4.90 Å². The molecule has 3 aromatic carbocycles. The lowest BCUT2D eigenvalue weighted by atomic mass is 10.0. The maximum Gasteiger partial charge on any atom is 0.279 e. The lowest BCUT2D eigenvalue weighted by Crippen LogP contribution is -2.25. The van der Waals surface area contributed by atoms with Gasteiger partial charge in [-0.15, -0.1) is 10.2 Å². The van der Waals surface area contributed by atoms with Gasteiger partial charge in [-0.1, -0.05) is 78.9 Å². The lowest BCUT2D eigenvalue weighted by Gasteiger charge is -2.07. The number of fused-ring (bicyclic) bond motifs is 1. The normalized spacial score (nSPS) is 15.0. The van der Waals surface area contributed by atoms with Gasteiger partial charge in [-0.3, -0.25) is 9.59 Å². The number of benzene rings is 3. The van der Waals surface area contributed by atoms with Gasteiger partial charge in [0.1, 0.15) is 5.71 Å². The first-order chi connectivity index (χ1) is 13.7. The minimum Gasteiger partial charge on any atom is -0.309 e. The van der Waals surface area contributed by atoms with Crippen molar-refractivity contribution in [2.75, 3.05) is 11.9 Å². The molecule has 1 aliphatic heterocycles. The predicted octanol–water partition coefficient (Wildman–Crippen LogP) is 3.74. The van der Waals surface area contributed by atoms with Gasteiger partial charge in [0.15, 0.2) is 5.71 Å². The van der Waals surface area contributed by atoms with Crippen LogP contribution in [0.1, 0.15) is 21.5 Å². The van der Waals surface area contributed by atoms with E-state index in [9.17, 15) is 9.59 Å². The van der Waals surface area contributed by atoms with E-state index < -0.39 is 0 Å². The predicted molar refractivity (Wildman–Crippen MR) is 110 cm³/mol. The molecule has 0 aromatic heterocycles. The van der Waals surface area contributed by atoms with Crippen LogP contribution in [0.2, 0.25) is 0 Å². The smallest absolute Gasteiger partial charge is 0.279 e. The van der Waals surface area contributed by atoms with E-state index in [1.54, 1.807) is 43.4 Å². The average Bonchev–Trinajstić information content (AvgIpc) is 3.00. The molecule has 0 N–H and O–H groups in total. The molecule has 0 radical (unpaired) electrons. The molecular weight excluding hydrogens is 350 g/mol. The summed E-state index contributed by atoms with van der Waals surface area (Å²) >= 11 is 0. The van der Waals surface area contributed by atoms with Gasteiger partial charge in [0.2, 0.25) is 5.78 Å². The summed E-state index contributed by atoms with van der Waals surface area (Å²) in [7, 11) is 1.70. The minimum absolute atomic E-state index is 0.194. The molecule has 0 bridgehead atoms. The maximum absolute atomic E-state index is 13.0. The number of Topliss-reactive ketones (excluding diaryl/α,β-unsaturated/α-hetero) is 1. The Balaban J connectivity index is 1.82. The molecule has 5 nitrogen and oxygen atoms in total. The van der Waals surface area contributed by atoms with Gasteiger partial charge in [0, 0.05) is 23.7 Å². The molecule has 0 saturated carbocycles. The van der Waals surface area contributed by atoms with Gasteiger partial charge < -0.3 is 4.90 Å². The van der Waals surface area contributed by atoms with Crippen molar-refractivity contribution in [2.24, 2.45) is 10.2 Å². The number of hydrogen-bond donors (Lipinski definition) is 0. The van der Waals surface area contributed by atoms with Crippen molar-refractivity contribution in [1.82, 2.24) is 0 Å². The number of likely N-dealkylation sites (N-methyl/N-ethyl adjacent to an activating group) is 1. The Kier molecular flexibility index (Phi) is 4.64. The topological polar surface area (TPSA) is 62.1 Å². The molecule has 4 rings (SSSR count). The molecule has 0 atom stereocenters. The molecule has 0 unspecified atom stereocenters. The second-order valence-electron chi connectivity index (χ2n) is 6.34. The molecule has 3 aromatic rings. The Morgan fingerprint density at radius 1 is 0.786 bits per heavy atom. The summed E-state index contributed by atoms with van der Waals surface area (Å²) < 4.78 is 0. The molecule has 5 heteroatoms. The van der Waals surface area contributed by atoms with Gasteiger partial charge >= 0.3 is 0 Å². The fourth-order valence-corrected chi connectivity index (χ4v) is 3.10. The van der Waals surface area contributed by atoms with E-state index >= 15 is 0 Å². The average molecular weight is 367 g/mol. The number of carbonyl (C=O) groups excluding carboxylic acids is 2. The SMILES string of the molecule is CN1C(=O)/C(=N/N=C(/C(=O)c2ccccc2)c2ccccc2)c2ccccc21. The first-order valence-corrected chi connectivity index (χ1v) is 8.85. The van der Waals surface area contributed by atoms with Crippen LogP contribution in [-0.2, 0) is 4.79 Å². The van der Waals surface area contributed by atoms with Gasteiger partial charge in [-0.25, -0.2) is 0 Å². The number of anilines is 1. The van der Waals surface area contributed by atoms with Gasteiger partial charge in [0.25, 0.3) is 5.91 Å². The van der Waals surface area contributed by atoms with E-state index in [1.165, 1.54) is 4.90 Å². The molecule has 0 fully saturated rings. The van der Waals surface area contributed by atoms with Crippen LogP contribution in [0.25, 0.3) is 0 Å². The molecule has 0 spiro atoms. The van der Waals surface area contributed by atoms with Crippen molar-refractivity contribution in [2.45, 2.75) is 0 Å². The van der Waals surface area contributed by atoms with Crippen molar-refractivity contribution in [3.63, 3.8) is 0 Å². The number of hydrogen-bond acceptors (Lipinski definition) is 4. The summed E-state index contributed by atoms with van der Waals surface area (Å²) in [6.45, 7) is 0. The molecule has 1 amide bonds.